The predicted molar refractivity (Wildman–Crippen MR) is 176 cm³/mol. The quantitative estimate of drug-likeness (QED) is 0.0551. The first-order valence-electron chi connectivity index (χ1n) is 18.0. The topological polar surface area (TPSA) is 80.3 Å². The van der Waals surface area contributed by atoms with E-state index in [2.05, 4.69) is 13.8 Å². The van der Waals surface area contributed by atoms with Crippen LogP contribution in [0.2, 0.25) is 0 Å². The molecule has 4 unspecified atom stereocenters. The normalized spacial score (nSPS) is 14.3. The van der Waals surface area contributed by atoms with Gasteiger partial charge in [0.05, 0.1) is 38.1 Å². The second-order valence-corrected chi connectivity index (χ2v) is 12.6. The Morgan fingerprint density at radius 2 is 0.744 bits per heavy atom. The lowest BCUT2D eigenvalue weighted by atomic mass is 10.1. The molecule has 0 bridgehead atoms. The van der Waals surface area contributed by atoms with Crippen molar-refractivity contribution in [3.05, 3.63) is 0 Å². The highest BCUT2D eigenvalue weighted by molar-refractivity contribution is 5.69. The average Bonchev–Trinajstić information content (AvgIpc) is 2.99. The van der Waals surface area contributed by atoms with Crippen molar-refractivity contribution >= 4 is 11.9 Å². The summed E-state index contributed by atoms with van der Waals surface area (Å²) in [6, 6.07) is 0. The van der Waals surface area contributed by atoms with Crippen molar-refractivity contribution in [2.24, 2.45) is 0 Å². The number of hydrogen-bond acceptors (Lipinski definition) is 7. The third-order valence-corrected chi connectivity index (χ3v) is 7.63. The van der Waals surface area contributed by atoms with Crippen molar-refractivity contribution in [2.75, 3.05) is 26.4 Å². The third kappa shape index (κ3) is 30.6. The van der Waals surface area contributed by atoms with Crippen molar-refractivity contribution in [1.29, 1.82) is 0 Å². The monoisotopic (exact) mass is 615 g/mol. The van der Waals surface area contributed by atoms with Crippen LogP contribution in [0.5, 0.6) is 0 Å². The zero-order valence-corrected chi connectivity index (χ0v) is 29.1. The molecule has 0 amide bonds. The average molecular weight is 615 g/mol. The van der Waals surface area contributed by atoms with Gasteiger partial charge in [-0.25, -0.2) is 0 Å². The lowest BCUT2D eigenvalue weighted by molar-refractivity contribution is -0.153. The fraction of sp³-hybridized carbons (Fsp3) is 0.944. The van der Waals surface area contributed by atoms with E-state index in [0.717, 1.165) is 25.7 Å². The minimum absolute atomic E-state index is 0.113. The summed E-state index contributed by atoms with van der Waals surface area (Å²) in [4.78, 5) is 24.1. The Hall–Kier alpha value is -1.18. The number of rotatable bonds is 32. The molecule has 7 nitrogen and oxygen atoms in total. The molecule has 0 spiro atoms. The zero-order chi connectivity index (χ0) is 32.0. The first-order chi connectivity index (χ1) is 20.8. The second kappa shape index (κ2) is 30.8. The molecular weight excluding hydrogens is 544 g/mol. The molecule has 0 saturated carbocycles. The van der Waals surface area contributed by atoms with Gasteiger partial charge in [-0.1, -0.05) is 117 Å². The maximum absolute atomic E-state index is 12.1. The Bertz CT molecular complexity index is 627. The summed E-state index contributed by atoms with van der Waals surface area (Å²) in [5, 5.41) is 0. The van der Waals surface area contributed by atoms with Gasteiger partial charge in [0, 0.05) is 12.8 Å². The molecule has 0 aliphatic heterocycles. The van der Waals surface area contributed by atoms with Gasteiger partial charge in [0.25, 0.3) is 0 Å². The fourth-order valence-electron chi connectivity index (χ4n) is 4.80. The molecule has 7 heteroatoms. The van der Waals surface area contributed by atoms with E-state index >= 15 is 0 Å². The van der Waals surface area contributed by atoms with Gasteiger partial charge in [-0.15, -0.1) is 0 Å². The maximum atomic E-state index is 12.1. The number of ether oxygens (including phenoxy) is 5. The van der Waals surface area contributed by atoms with Crippen LogP contribution in [-0.2, 0) is 33.3 Å². The molecule has 4 atom stereocenters. The predicted octanol–water partition coefficient (Wildman–Crippen LogP) is 9.52. The van der Waals surface area contributed by atoms with E-state index in [1.54, 1.807) is 0 Å². The van der Waals surface area contributed by atoms with E-state index in [4.69, 9.17) is 23.7 Å². The molecule has 0 aliphatic rings. The second-order valence-electron chi connectivity index (χ2n) is 12.6. The van der Waals surface area contributed by atoms with Crippen LogP contribution in [0.15, 0.2) is 0 Å². The lowest BCUT2D eigenvalue weighted by Crippen LogP contribution is -2.29. The molecule has 0 rings (SSSR count). The number of unbranched alkanes of at least 4 members (excludes halogenated alkanes) is 16. The first-order valence-corrected chi connectivity index (χ1v) is 18.0. The minimum Gasteiger partial charge on any atom is -0.463 e. The Labute approximate surface area is 265 Å². The molecule has 256 valence electrons. The van der Waals surface area contributed by atoms with Gasteiger partial charge >= 0.3 is 11.9 Å². The van der Waals surface area contributed by atoms with Crippen LogP contribution in [0.4, 0.5) is 0 Å². The van der Waals surface area contributed by atoms with Crippen molar-refractivity contribution < 1.29 is 33.3 Å². The van der Waals surface area contributed by atoms with Crippen molar-refractivity contribution in [3.8, 4) is 0 Å². The summed E-state index contributed by atoms with van der Waals surface area (Å²) in [6.45, 7) is 13.6. The molecule has 0 aliphatic carbocycles. The molecule has 0 saturated heterocycles. The third-order valence-electron chi connectivity index (χ3n) is 7.63. The van der Waals surface area contributed by atoms with Gasteiger partial charge in [-0.3, -0.25) is 9.59 Å². The molecule has 0 aromatic carbocycles. The van der Waals surface area contributed by atoms with E-state index in [-0.39, 0.29) is 43.0 Å². The number of carbonyl (C=O) groups is 2. The van der Waals surface area contributed by atoms with Crippen LogP contribution in [0, 0.1) is 0 Å². The van der Waals surface area contributed by atoms with E-state index in [0.29, 0.717) is 32.7 Å². The molecule has 0 N–H and O–H groups in total. The molecule has 0 aromatic heterocycles. The molecule has 0 fully saturated rings. The summed E-state index contributed by atoms with van der Waals surface area (Å²) in [5.41, 5.74) is 0. The number of esters is 2. The van der Waals surface area contributed by atoms with Crippen LogP contribution in [0.25, 0.3) is 0 Å². The number of carbonyl (C=O) groups excluding carboxylic acids is 2. The van der Waals surface area contributed by atoms with Crippen molar-refractivity contribution in [3.63, 3.8) is 0 Å². The van der Waals surface area contributed by atoms with E-state index < -0.39 is 0 Å². The molecule has 0 radical (unpaired) electrons. The number of hydrogen-bond donors (Lipinski definition) is 0. The smallest absolute Gasteiger partial charge is 0.306 e. The molecule has 0 heterocycles. The van der Waals surface area contributed by atoms with Gasteiger partial charge in [0.2, 0.25) is 0 Å². The van der Waals surface area contributed by atoms with E-state index in [1.807, 2.05) is 27.7 Å². The Morgan fingerprint density at radius 3 is 1.16 bits per heavy atom. The largest absolute Gasteiger partial charge is 0.463 e. The van der Waals surface area contributed by atoms with Crippen molar-refractivity contribution in [2.45, 2.75) is 194 Å². The van der Waals surface area contributed by atoms with Gasteiger partial charge in [0.1, 0.15) is 12.7 Å². The molecular formula is C36H70O7. The summed E-state index contributed by atoms with van der Waals surface area (Å²) in [5.74, 6) is -0.283. The van der Waals surface area contributed by atoms with Crippen LogP contribution in [0.3, 0.4) is 0 Å². The first kappa shape index (κ1) is 41.8. The summed E-state index contributed by atoms with van der Waals surface area (Å²) < 4.78 is 28.3. The highest BCUT2D eigenvalue weighted by Gasteiger charge is 2.14. The SMILES string of the molecule is CCCCCCCCCCCC(=O)OCC(C)OCC(C)OCC(C)OCC(C)OC(=O)CCCCCCCCCCC. The van der Waals surface area contributed by atoms with Gasteiger partial charge < -0.3 is 23.7 Å². The van der Waals surface area contributed by atoms with Gasteiger partial charge in [-0.05, 0) is 40.5 Å². The van der Waals surface area contributed by atoms with E-state index in [1.165, 1.54) is 89.9 Å². The van der Waals surface area contributed by atoms with Crippen LogP contribution in [0.1, 0.15) is 170 Å². The van der Waals surface area contributed by atoms with E-state index in [9.17, 15) is 9.59 Å². The minimum atomic E-state index is -0.279. The zero-order valence-electron chi connectivity index (χ0n) is 29.1. The maximum Gasteiger partial charge on any atom is 0.306 e. The van der Waals surface area contributed by atoms with Gasteiger partial charge in [-0.2, -0.15) is 0 Å². The standard InChI is InChI=1S/C36H70O7/c1-7-9-11-13-15-17-19-21-23-25-35(37)42-29-33(5)40-27-31(3)39-28-32(4)41-30-34(6)43-36(38)26-24-22-20-18-16-14-12-10-8-2/h31-34H,7-30H2,1-6H3. The van der Waals surface area contributed by atoms with Crippen LogP contribution in [-0.4, -0.2) is 62.8 Å². The van der Waals surface area contributed by atoms with Crippen molar-refractivity contribution in [1.82, 2.24) is 0 Å². The fourth-order valence-corrected chi connectivity index (χ4v) is 4.80. The van der Waals surface area contributed by atoms with Gasteiger partial charge in [0.15, 0.2) is 0 Å². The summed E-state index contributed by atoms with van der Waals surface area (Å²) >= 11 is 0. The highest BCUT2D eigenvalue weighted by Crippen LogP contribution is 2.12. The summed E-state index contributed by atoms with van der Waals surface area (Å²) in [6.07, 6.45) is 22.4. The van der Waals surface area contributed by atoms with Crippen LogP contribution >= 0.6 is 0 Å². The summed E-state index contributed by atoms with van der Waals surface area (Å²) in [7, 11) is 0. The Kier molecular flexibility index (Phi) is 30.0. The Balaban J connectivity index is 3.71. The Morgan fingerprint density at radius 1 is 0.419 bits per heavy atom. The highest BCUT2D eigenvalue weighted by atomic mass is 16.6. The lowest BCUT2D eigenvalue weighted by Gasteiger charge is -2.21. The van der Waals surface area contributed by atoms with Crippen LogP contribution < -0.4 is 0 Å². The molecule has 0 aromatic rings. The molecule has 43 heavy (non-hydrogen) atoms.